The fraction of sp³-hybridized carbons (Fsp3) is 0.414. The molecule has 0 unspecified atom stereocenters. The number of amides is 3. The summed E-state index contributed by atoms with van der Waals surface area (Å²) < 4.78 is 5.28. The average Bonchev–Trinajstić information content (AvgIpc) is 3.28. The summed E-state index contributed by atoms with van der Waals surface area (Å²) in [5, 5.41) is 2.92. The van der Waals surface area contributed by atoms with Gasteiger partial charge in [-0.2, -0.15) is 0 Å². The van der Waals surface area contributed by atoms with Crippen molar-refractivity contribution in [3.63, 3.8) is 0 Å². The summed E-state index contributed by atoms with van der Waals surface area (Å²) in [6, 6.07) is 7.49. The number of carbonyl (C=O) groups is 4. The summed E-state index contributed by atoms with van der Waals surface area (Å²) in [6.45, 7) is 6.59. The largest absolute Gasteiger partial charge is 0.383 e. The van der Waals surface area contributed by atoms with Crippen LogP contribution in [0.5, 0.6) is 0 Å². The molecule has 1 fully saturated rings. The Morgan fingerprint density at radius 2 is 2.12 bits per heavy atom. The summed E-state index contributed by atoms with van der Waals surface area (Å²) in [7, 11) is 1.73. The molecule has 0 aliphatic carbocycles. The number of nitrogens with one attached hydrogen (secondary N) is 1. The normalized spacial score (nSPS) is 17.2. The zero-order chi connectivity index (χ0) is 28.9. The number of ether oxygens (including phenoxy) is 1. The lowest BCUT2D eigenvalue weighted by atomic mass is 10.1. The van der Waals surface area contributed by atoms with Crippen molar-refractivity contribution >= 4 is 35.5 Å². The van der Waals surface area contributed by atoms with Crippen molar-refractivity contribution in [3.8, 4) is 0 Å². The number of amidine groups is 1. The number of piperazine rings is 1. The standard InChI is InChI=1S/C29H38N6O5/c1-3-6-25-23(19-32-29(25)30)9-10-31-26(37)20-34(11-5-15-40-16-14-36)24-8-4-7-22(17-24)18-27(38)35-13-12-33(2)28(39)21-35/h3-4,6-9,14,17H,1,5,10-13,15-16,18-21H2,2H3,(H2,30,32)(H,31,37)/b23-9-,25-6+. The van der Waals surface area contributed by atoms with Crippen molar-refractivity contribution in [1.29, 1.82) is 0 Å². The Morgan fingerprint density at radius 3 is 2.88 bits per heavy atom. The molecule has 2 heterocycles. The molecule has 0 atom stereocenters. The van der Waals surface area contributed by atoms with Crippen LogP contribution < -0.4 is 16.0 Å². The van der Waals surface area contributed by atoms with Crippen molar-refractivity contribution < 1.29 is 23.9 Å². The smallest absolute Gasteiger partial charge is 0.241 e. The minimum absolute atomic E-state index is 0.0259. The molecule has 0 aromatic heterocycles. The van der Waals surface area contributed by atoms with E-state index in [0.717, 1.165) is 22.4 Å². The summed E-state index contributed by atoms with van der Waals surface area (Å²) in [5.74, 6) is 0.0942. The molecule has 11 heteroatoms. The van der Waals surface area contributed by atoms with Crippen LogP contribution in [0.3, 0.4) is 0 Å². The van der Waals surface area contributed by atoms with Gasteiger partial charge in [0.15, 0.2) is 0 Å². The molecule has 2 aliphatic heterocycles. The van der Waals surface area contributed by atoms with Gasteiger partial charge in [0, 0.05) is 51.1 Å². The average molecular weight is 551 g/mol. The van der Waals surface area contributed by atoms with Crippen LogP contribution in [0.25, 0.3) is 0 Å². The van der Waals surface area contributed by atoms with Crippen LogP contribution in [-0.2, 0) is 30.3 Å². The maximum Gasteiger partial charge on any atom is 0.241 e. The zero-order valence-corrected chi connectivity index (χ0v) is 23.0. The molecule has 1 aromatic carbocycles. The number of allylic oxidation sites excluding steroid dienone is 2. The summed E-state index contributed by atoms with van der Waals surface area (Å²) in [4.78, 5) is 57.7. The molecular weight excluding hydrogens is 512 g/mol. The number of hydrogen-bond acceptors (Lipinski definition) is 8. The Hall–Kier alpha value is -4.25. The number of nitrogens with zero attached hydrogens (tertiary/aromatic N) is 4. The third-order valence-corrected chi connectivity index (χ3v) is 6.65. The van der Waals surface area contributed by atoms with E-state index < -0.39 is 0 Å². The van der Waals surface area contributed by atoms with E-state index in [0.29, 0.717) is 57.9 Å². The second-order valence-corrected chi connectivity index (χ2v) is 9.54. The number of rotatable bonds is 14. The topological polar surface area (TPSA) is 138 Å². The number of anilines is 1. The lowest BCUT2D eigenvalue weighted by molar-refractivity contribution is -0.143. The van der Waals surface area contributed by atoms with Crippen LogP contribution >= 0.6 is 0 Å². The maximum absolute atomic E-state index is 12.9. The molecule has 0 radical (unpaired) electrons. The van der Waals surface area contributed by atoms with Crippen LogP contribution in [0.4, 0.5) is 5.69 Å². The van der Waals surface area contributed by atoms with Gasteiger partial charge in [-0.15, -0.1) is 0 Å². The number of benzene rings is 1. The third kappa shape index (κ3) is 8.91. The van der Waals surface area contributed by atoms with E-state index in [1.54, 1.807) is 29.0 Å². The molecule has 0 bridgehead atoms. The second-order valence-electron chi connectivity index (χ2n) is 9.54. The molecule has 2 aliphatic rings. The van der Waals surface area contributed by atoms with E-state index in [9.17, 15) is 19.2 Å². The molecule has 1 saturated heterocycles. The van der Waals surface area contributed by atoms with Crippen LogP contribution in [0.2, 0.25) is 0 Å². The first kappa shape index (κ1) is 30.3. The molecule has 214 valence electrons. The number of carbonyl (C=O) groups excluding carboxylic acids is 4. The van der Waals surface area contributed by atoms with Crippen LogP contribution in [0.1, 0.15) is 12.0 Å². The highest BCUT2D eigenvalue weighted by Crippen LogP contribution is 2.19. The number of hydrogen-bond donors (Lipinski definition) is 2. The quantitative estimate of drug-likeness (QED) is 0.254. The number of nitrogens with two attached hydrogens (primary N) is 1. The highest BCUT2D eigenvalue weighted by molar-refractivity contribution is 6.03. The lowest BCUT2D eigenvalue weighted by Gasteiger charge is -2.32. The van der Waals surface area contributed by atoms with E-state index in [1.807, 2.05) is 35.2 Å². The molecule has 11 nitrogen and oxygen atoms in total. The van der Waals surface area contributed by atoms with Crippen LogP contribution in [0, 0.1) is 0 Å². The van der Waals surface area contributed by atoms with Gasteiger partial charge in [0.1, 0.15) is 18.7 Å². The first-order valence-electron chi connectivity index (χ1n) is 13.3. The van der Waals surface area contributed by atoms with Crippen molar-refractivity contribution in [3.05, 3.63) is 65.8 Å². The third-order valence-electron chi connectivity index (χ3n) is 6.65. The fourth-order valence-electron chi connectivity index (χ4n) is 4.42. The van der Waals surface area contributed by atoms with Crippen molar-refractivity contribution in [1.82, 2.24) is 15.1 Å². The van der Waals surface area contributed by atoms with E-state index in [1.165, 1.54) is 0 Å². The van der Waals surface area contributed by atoms with Gasteiger partial charge in [-0.05, 0) is 29.7 Å². The minimum atomic E-state index is -0.177. The monoisotopic (exact) mass is 550 g/mol. The predicted molar refractivity (Wildman–Crippen MR) is 154 cm³/mol. The van der Waals surface area contributed by atoms with E-state index >= 15 is 0 Å². The Bertz CT molecular complexity index is 1190. The van der Waals surface area contributed by atoms with Gasteiger partial charge in [-0.25, -0.2) is 0 Å². The van der Waals surface area contributed by atoms with Gasteiger partial charge in [0.2, 0.25) is 17.7 Å². The van der Waals surface area contributed by atoms with Gasteiger partial charge < -0.3 is 35.3 Å². The van der Waals surface area contributed by atoms with Crippen molar-refractivity contribution in [2.45, 2.75) is 12.8 Å². The first-order valence-corrected chi connectivity index (χ1v) is 13.3. The molecule has 0 saturated carbocycles. The van der Waals surface area contributed by atoms with Crippen molar-refractivity contribution in [2.75, 3.05) is 71.0 Å². The molecular formula is C29H38N6O5. The zero-order valence-electron chi connectivity index (χ0n) is 23.0. The maximum atomic E-state index is 12.9. The molecule has 3 N–H and O–H groups in total. The summed E-state index contributed by atoms with van der Waals surface area (Å²) in [6.07, 6.45) is 6.80. The van der Waals surface area contributed by atoms with Gasteiger partial charge in [0.25, 0.3) is 0 Å². The molecule has 3 amide bonds. The molecule has 1 aromatic rings. The number of aliphatic imine (C=N–C) groups is 1. The summed E-state index contributed by atoms with van der Waals surface area (Å²) in [5.41, 5.74) is 9.25. The minimum Gasteiger partial charge on any atom is -0.383 e. The summed E-state index contributed by atoms with van der Waals surface area (Å²) >= 11 is 0. The van der Waals surface area contributed by atoms with Crippen molar-refractivity contribution in [2.24, 2.45) is 10.7 Å². The predicted octanol–water partition coefficient (Wildman–Crippen LogP) is 0.468. The molecule has 0 spiro atoms. The van der Waals surface area contributed by atoms with E-state index in [2.05, 4.69) is 16.9 Å². The van der Waals surface area contributed by atoms with Crippen LogP contribution in [-0.4, -0.2) is 106 Å². The number of likely N-dealkylation sites (N-methyl/N-ethyl adjacent to an activating group) is 1. The van der Waals surface area contributed by atoms with E-state index in [4.69, 9.17) is 10.5 Å². The van der Waals surface area contributed by atoms with Gasteiger partial charge in [-0.3, -0.25) is 19.4 Å². The van der Waals surface area contributed by atoms with Gasteiger partial charge in [-0.1, -0.05) is 36.9 Å². The lowest BCUT2D eigenvalue weighted by Crippen LogP contribution is -2.51. The highest BCUT2D eigenvalue weighted by atomic mass is 16.5. The Kier molecular flexibility index (Phi) is 11.6. The van der Waals surface area contributed by atoms with Crippen LogP contribution in [0.15, 0.2) is 65.2 Å². The van der Waals surface area contributed by atoms with E-state index in [-0.39, 0.29) is 43.8 Å². The number of aldehydes is 1. The Balaban J connectivity index is 1.64. The molecule has 3 rings (SSSR count). The first-order chi connectivity index (χ1) is 19.3. The SMILES string of the molecule is C=C/C=C1/C(N)=NC/C1=C/CNC(=O)CN(CCCOCC=O)c1cccc(CC(=O)N2CCN(C)C(=O)C2)c1. The Morgan fingerprint density at radius 1 is 1.30 bits per heavy atom. The highest BCUT2D eigenvalue weighted by Gasteiger charge is 2.25. The molecule has 40 heavy (non-hydrogen) atoms. The second kappa shape index (κ2) is 15.4. The van der Waals surface area contributed by atoms with Gasteiger partial charge >= 0.3 is 0 Å². The Labute approximate surface area is 235 Å². The fourth-order valence-corrected chi connectivity index (χ4v) is 4.42. The van der Waals surface area contributed by atoms with Gasteiger partial charge in [0.05, 0.1) is 26.1 Å².